The number of carbonyl (C=O) groups is 2. The van der Waals surface area contributed by atoms with E-state index >= 15 is 0 Å². The minimum atomic E-state index is -3.67. The van der Waals surface area contributed by atoms with Crippen molar-refractivity contribution in [1.29, 1.82) is 0 Å². The van der Waals surface area contributed by atoms with Crippen LogP contribution in [0.2, 0.25) is 0 Å². The highest BCUT2D eigenvalue weighted by Gasteiger charge is 2.59. The van der Waals surface area contributed by atoms with Gasteiger partial charge in [0.25, 0.3) is 0 Å². The number of ketones is 1. The summed E-state index contributed by atoms with van der Waals surface area (Å²) in [6.45, 7) is 0. The van der Waals surface area contributed by atoms with Gasteiger partial charge in [0.1, 0.15) is 5.92 Å². The fourth-order valence-electron chi connectivity index (χ4n) is 5.96. The van der Waals surface area contributed by atoms with E-state index in [0.29, 0.717) is 18.4 Å². The first-order chi connectivity index (χ1) is 19.3. The summed E-state index contributed by atoms with van der Waals surface area (Å²) < 4.78 is 31.8. The molecular weight excluding hydrogens is 524 g/mol. The summed E-state index contributed by atoms with van der Waals surface area (Å²) in [7, 11) is -3.67. The number of Topliss-reactive ketones (excluding diaryl/α,β-unsaturated/α-hetero) is 1. The molecule has 8 heteroatoms. The predicted molar refractivity (Wildman–Crippen MR) is 149 cm³/mol. The molecule has 1 N–H and O–H groups in total. The van der Waals surface area contributed by atoms with E-state index in [1.54, 1.807) is 12.1 Å². The third-order valence-corrected chi connectivity index (χ3v) is 9.42. The molecule has 1 aromatic heterocycles. The molecule has 40 heavy (non-hydrogen) atoms. The number of hydrogen-bond acceptors (Lipinski definition) is 6. The molecule has 1 aliphatic carbocycles. The molecule has 6 rings (SSSR count). The number of ether oxygens (including phenoxy) is 1. The Morgan fingerprint density at radius 2 is 1.50 bits per heavy atom. The van der Waals surface area contributed by atoms with Crippen LogP contribution in [-0.2, 0) is 42.8 Å². The number of aromatic nitrogens is 2. The summed E-state index contributed by atoms with van der Waals surface area (Å²) in [4.78, 5) is 34.6. The minimum Gasteiger partial charge on any atom is -0.450 e. The Labute approximate surface area is 233 Å². The smallest absolute Gasteiger partial charge is 0.318 e. The number of aromatic amines is 1. The van der Waals surface area contributed by atoms with Crippen molar-refractivity contribution >= 4 is 21.6 Å². The number of cyclic esters (lactones) is 1. The Hall–Kier alpha value is -4.04. The van der Waals surface area contributed by atoms with Crippen molar-refractivity contribution in [3.8, 4) is 0 Å². The highest BCUT2D eigenvalue weighted by atomic mass is 32.2. The van der Waals surface area contributed by atoms with E-state index in [2.05, 4.69) is 9.97 Å². The van der Waals surface area contributed by atoms with Crippen molar-refractivity contribution in [2.24, 2.45) is 11.8 Å². The van der Waals surface area contributed by atoms with Gasteiger partial charge in [-0.3, -0.25) is 9.59 Å². The average molecular weight is 555 g/mol. The second-order valence-electron chi connectivity index (χ2n) is 10.8. The van der Waals surface area contributed by atoms with Crippen molar-refractivity contribution in [2.45, 2.75) is 48.1 Å². The number of nitrogens with one attached hydrogen (secondary N) is 1. The molecule has 2 unspecified atom stereocenters. The van der Waals surface area contributed by atoms with Gasteiger partial charge < -0.3 is 9.72 Å². The van der Waals surface area contributed by atoms with Gasteiger partial charge in [0.2, 0.25) is 15.0 Å². The molecule has 1 saturated carbocycles. The summed E-state index contributed by atoms with van der Waals surface area (Å²) in [5.41, 5.74) is 1.91. The van der Waals surface area contributed by atoms with Gasteiger partial charge >= 0.3 is 5.97 Å². The lowest BCUT2D eigenvalue weighted by molar-refractivity contribution is -0.152. The van der Waals surface area contributed by atoms with Gasteiger partial charge in [-0.25, -0.2) is 13.4 Å². The van der Waals surface area contributed by atoms with Gasteiger partial charge in [0.05, 0.1) is 5.75 Å². The Bertz CT molecular complexity index is 1570. The quantitative estimate of drug-likeness (QED) is 0.222. The largest absolute Gasteiger partial charge is 0.450 e. The highest BCUT2D eigenvalue weighted by Crippen LogP contribution is 2.51. The number of nitrogens with zero attached hydrogens (tertiary/aromatic N) is 1. The van der Waals surface area contributed by atoms with Crippen molar-refractivity contribution in [1.82, 2.24) is 9.97 Å². The topological polar surface area (TPSA) is 106 Å². The first-order valence-corrected chi connectivity index (χ1v) is 15.2. The minimum absolute atomic E-state index is 0.0854. The number of hydrogen-bond donors (Lipinski definition) is 1. The number of carbonyl (C=O) groups excluding carboxylic acids is 2. The molecule has 2 atom stereocenters. The molecule has 0 spiro atoms. The zero-order chi connectivity index (χ0) is 27.7. The van der Waals surface area contributed by atoms with Crippen molar-refractivity contribution in [2.75, 3.05) is 0 Å². The van der Waals surface area contributed by atoms with Crippen molar-refractivity contribution < 1.29 is 22.7 Å². The first kappa shape index (κ1) is 26.2. The average Bonchev–Trinajstić information content (AvgIpc) is 3.55. The number of imidazole rings is 1. The molecule has 2 fully saturated rings. The summed E-state index contributed by atoms with van der Waals surface area (Å²) in [5.74, 6) is -2.10. The molecule has 0 amide bonds. The van der Waals surface area contributed by atoms with E-state index < -0.39 is 27.3 Å². The van der Waals surface area contributed by atoms with Crippen LogP contribution in [0.3, 0.4) is 0 Å². The van der Waals surface area contributed by atoms with Crippen LogP contribution < -0.4 is 0 Å². The second-order valence-corrected chi connectivity index (χ2v) is 12.7. The van der Waals surface area contributed by atoms with E-state index in [4.69, 9.17) is 4.74 Å². The predicted octanol–water partition coefficient (Wildman–Crippen LogP) is 4.84. The van der Waals surface area contributed by atoms with E-state index in [-0.39, 0.29) is 28.5 Å². The van der Waals surface area contributed by atoms with Gasteiger partial charge in [0, 0.05) is 31.2 Å². The maximum atomic E-state index is 14.4. The standard InChI is InChI=1S/C32H30N2O5S/c35-29-28(30(36)39-32(29,19-22-8-3-1-4-9-22)20-23-10-5-2-6-11-23)27(25-14-15-25)26-13-7-12-24(18-26)21-40(37,38)31-33-16-17-34-31/h1-13,16-18,25,27-28H,14-15,19-21H2,(H,33,34). The van der Waals surface area contributed by atoms with Gasteiger partial charge in [-0.15, -0.1) is 0 Å². The molecule has 3 aromatic carbocycles. The molecule has 0 bridgehead atoms. The lowest BCUT2D eigenvalue weighted by Crippen LogP contribution is -2.43. The fraction of sp³-hybridized carbons (Fsp3) is 0.281. The number of H-pyrrole nitrogens is 1. The van der Waals surface area contributed by atoms with Crippen LogP contribution in [0.4, 0.5) is 0 Å². The number of esters is 1. The van der Waals surface area contributed by atoms with E-state index in [1.165, 1.54) is 12.4 Å². The normalized spacial score (nSPS) is 19.4. The van der Waals surface area contributed by atoms with Crippen LogP contribution in [0.15, 0.2) is 102 Å². The van der Waals surface area contributed by atoms with Gasteiger partial charge in [-0.1, -0.05) is 84.9 Å². The summed E-state index contributed by atoms with van der Waals surface area (Å²) >= 11 is 0. The molecule has 0 radical (unpaired) electrons. The molecular formula is C32H30N2O5S. The van der Waals surface area contributed by atoms with Crippen LogP contribution >= 0.6 is 0 Å². The maximum absolute atomic E-state index is 14.4. The Morgan fingerprint density at radius 1 is 0.875 bits per heavy atom. The fourth-order valence-corrected chi connectivity index (χ4v) is 7.18. The maximum Gasteiger partial charge on any atom is 0.318 e. The third kappa shape index (κ3) is 5.23. The first-order valence-electron chi connectivity index (χ1n) is 13.5. The number of rotatable bonds is 10. The van der Waals surface area contributed by atoms with Crippen LogP contribution in [0.5, 0.6) is 0 Å². The van der Waals surface area contributed by atoms with E-state index in [9.17, 15) is 18.0 Å². The van der Waals surface area contributed by atoms with Crippen LogP contribution in [-0.4, -0.2) is 35.7 Å². The Morgan fingerprint density at radius 3 is 2.08 bits per heavy atom. The molecule has 7 nitrogen and oxygen atoms in total. The lowest BCUT2D eigenvalue weighted by Gasteiger charge is -2.27. The summed E-state index contributed by atoms with van der Waals surface area (Å²) in [6.07, 6.45) is 5.27. The second kappa shape index (κ2) is 10.5. The summed E-state index contributed by atoms with van der Waals surface area (Å²) in [5, 5.41) is -0.0854. The SMILES string of the molecule is O=C1OC(Cc2ccccc2)(Cc2ccccc2)C(=O)C1C(c1cccc(CS(=O)(=O)c2ncc[nH]2)c1)C1CC1. The zero-order valence-electron chi connectivity index (χ0n) is 21.9. The number of sulfone groups is 1. The Kier molecular flexibility index (Phi) is 6.88. The molecule has 4 aromatic rings. The van der Waals surface area contributed by atoms with E-state index in [0.717, 1.165) is 29.5 Å². The van der Waals surface area contributed by atoms with Gasteiger partial charge in [-0.05, 0) is 41.0 Å². The van der Waals surface area contributed by atoms with Gasteiger partial charge in [-0.2, -0.15) is 0 Å². The molecule has 204 valence electrons. The zero-order valence-corrected chi connectivity index (χ0v) is 22.7. The summed E-state index contributed by atoms with van der Waals surface area (Å²) in [6, 6.07) is 26.5. The van der Waals surface area contributed by atoms with Crippen LogP contribution in [0, 0.1) is 11.8 Å². The van der Waals surface area contributed by atoms with Crippen LogP contribution in [0.25, 0.3) is 0 Å². The van der Waals surface area contributed by atoms with Crippen LogP contribution in [0.1, 0.15) is 41.0 Å². The highest BCUT2D eigenvalue weighted by molar-refractivity contribution is 7.90. The number of benzene rings is 3. The van der Waals surface area contributed by atoms with Crippen molar-refractivity contribution in [3.05, 3.63) is 120 Å². The third-order valence-electron chi connectivity index (χ3n) is 7.90. The molecule has 2 heterocycles. The Balaban J connectivity index is 1.34. The molecule has 2 aliphatic rings. The van der Waals surface area contributed by atoms with Gasteiger partial charge in [0.15, 0.2) is 11.4 Å². The molecule has 1 saturated heterocycles. The lowest BCUT2D eigenvalue weighted by atomic mass is 9.74. The molecule has 1 aliphatic heterocycles. The monoisotopic (exact) mass is 554 g/mol. The van der Waals surface area contributed by atoms with Crippen molar-refractivity contribution in [3.63, 3.8) is 0 Å². The van der Waals surface area contributed by atoms with E-state index in [1.807, 2.05) is 72.8 Å².